The van der Waals surface area contributed by atoms with Crippen LogP contribution in [0.1, 0.15) is 37.3 Å². The first-order valence-corrected chi connectivity index (χ1v) is 6.46. The minimum absolute atomic E-state index is 0.000991. The smallest absolute Gasteiger partial charge is 0.324 e. The Morgan fingerprint density at radius 3 is 2.47 bits per heavy atom. The van der Waals surface area contributed by atoms with E-state index < -0.39 is 24.0 Å². The highest BCUT2D eigenvalue weighted by molar-refractivity contribution is 5.21. The Bertz CT molecular complexity index is 430. The van der Waals surface area contributed by atoms with Gasteiger partial charge in [0.05, 0.1) is 5.92 Å². The van der Waals surface area contributed by atoms with Gasteiger partial charge in [0.25, 0.3) is 0 Å². The lowest BCUT2D eigenvalue weighted by Gasteiger charge is -2.34. The van der Waals surface area contributed by atoms with Gasteiger partial charge in [0, 0.05) is 11.6 Å². The third-order valence-electron chi connectivity index (χ3n) is 3.95. The van der Waals surface area contributed by atoms with Crippen LogP contribution >= 0.6 is 0 Å². The minimum atomic E-state index is -4.17. The number of alkyl halides is 3. The van der Waals surface area contributed by atoms with Crippen LogP contribution in [-0.2, 0) is 0 Å². The van der Waals surface area contributed by atoms with Crippen molar-refractivity contribution in [2.45, 2.75) is 37.9 Å². The first-order chi connectivity index (χ1) is 8.89. The first kappa shape index (κ1) is 14.3. The van der Waals surface area contributed by atoms with Gasteiger partial charge in [-0.25, -0.2) is 4.39 Å². The Balaban J connectivity index is 2.12. The molecular formula is C14H17F4N. The molecule has 5 heteroatoms. The third kappa shape index (κ3) is 3.26. The van der Waals surface area contributed by atoms with E-state index in [-0.39, 0.29) is 18.8 Å². The minimum Gasteiger partial charge on any atom is -0.324 e. The normalized spacial score (nSPS) is 26.2. The number of nitrogens with two attached hydrogens (primary N) is 1. The Labute approximate surface area is 109 Å². The Morgan fingerprint density at radius 2 is 1.84 bits per heavy atom. The Kier molecular flexibility index (Phi) is 4.13. The molecular weight excluding hydrogens is 258 g/mol. The van der Waals surface area contributed by atoms with Crippen LogP contribution in [-0.4, -0.2) is 6.18 Å². The summed E-state index contributed by atoms with van der Waals surface area (Å²) in [4.78, 5) is 0. The van der Waals surface area contributed by atoms with Crippen LogP contribution in [0.15, 0.2) is 24.3 Å². The highest BCUT2D eigenvalue weighted by Crippen LogP contribution is 2.43. The summed E-state index contributed by atoms with van der Waals surface area (Å²) in [6, 6.07) is 5.38. The van der Waals surface area contributed by atoms with E-state index in [1.165, 1.54) is 6.07 Å². The predicted molar refractivity (Wildman–Crippen MR) is 64.8 cm³/mol. The zero-order valence-electron chi connectivity index (χ0n) is 10.5. The van der Waals surface area contributed by atoms with Gasteiger partial charge in [0.2, 0.25) is 0 Å². The van der Waals surface area contributed by atoms with E-state index >= 15 is 0 Å². The molecule has 2 N–H and O–H groups in total. The monoisotopic (exact) mass is 275 g/mol. The molecule has 106 valence electrons. The van der Waals surface area contributed by atoms with Gasteiger partial charge in [-0.1, -0.05) is 24.6 Å². The summed E-state index contributed by atoms with van der Waals surface area (Å²) in [6.07, 6.45) is -2.89. The van der Waals surface area contributed by atoms with Crippen molar-refractivity contribution in [2.75, 3.05) is 0 Å². The van der Waals surface area contributed by atoms with Crippen molar-refractivity contribution in [2.24, 2.45) is 17.6 Å². The van der Waals surface area contributed by atoms with Gasteiger partial charge in [-0.15, -0.1) is 0 Å². The largest absolute Gasteiger partial charge is 0.391 e. The highest BCUT2D eigenvalue weighted by atomic mass is 19.4. The van der Waals surface area contributed by atoms with Crippen LogP contribution < -0.4 is 5.73 Å². The number of hydrogen-bond acceptors (Lipinski definition) is 1. The average Bonchev–Trinajstić information content (AvgIpc) is 2.38. The summed E-state index contributed by atoms with van der Waals surface area (Å²) < 4.78 is 51.9. The first-order valence-electron chi connectivity index (χ1n) is 6.46. The highest BCUT2D eigenvalue weighted by Gasteiger charge is 2.43. The lowest BCUT2D eigenvalue weighted by molar-refractivity contribution is -0.186. The Morgan fingerprint density at radius 1 is 1.16 bits per heavy atom. The van der Waals surface area contributed by atoms with Crippen LogP contribution in [0, 0.1) is 17.7 Å². The lowest BCUT2D eigenvalue weighted by Crippen LogP contribution is -2.33. The van der Waals surface area contributed by atoms with Crippen molar-refractivity contribution in [1.82, 2.24) is 0 Å². The SMILES string of the molecule is NC(c1ccccc1F)C1CCCC(C(F)(F)F)C1. The summed E-state index contributed by atoms with van der Waals surface area (Å²) in [6.45, 7) is 0. The molecule has 0 amide bonds. The summed E-state index contributed by atoms with van der Waals surface area (Å²) in [5.74, 6) is -2.05. The number of halogens is 4. The van der Waals surface area contributed by atoms with Crippen molar-refractivity contribution in [3.63, 3.8) is 0 Å². The van der Waals surface area contributed by atoms with E-state index in [1.54, 1.807) is 18.2 Å². The average molecular weight is 275 g/mol. The second kappa shape index (κ2) is 5.49. The maximum atomic E-state index is 13.6. The molecule has 1 aliphatic rings. The molecule has 1 aromatic rings. The van der Waals surface area contributed by atoms with Crippen molar-refractivity contribution in [3.05, 3.63) is 35.6 Å². The maximum Gasteiger partial charge on any atom is 0.391 e. The fourth-order valence-electron chi connectivity index (χ4n) is 2.85. The van der Waals surface area contributed by atoms with Crippen molar-refractivity contribution in [3.8, 4) is 0 Å². The van der Waals surface area contributed by atoms with Gasteiger partial charge in [0.15, 0.2) is 0 Å². The Hall–Kier alpha value is -1.10. The van der Waals surface area contributed by atoms with Crippen LogP contribution in [0.4, 0.5) is 17.6 Å². The molecule has 0 heterocycles. The molecule has 0 radical (unpaired) electrons. The fraction of sp³-hybridized carbons (Fsp3) is 0.571. The molecule has 3 atom stereocenters. The topological polar surface area (TPSA) is 26.0 Å². The second-order valence-corrected chi connectivity index (χ2v) is 5.21. The number of hydrogen-bond donors (Lipinski definition) is 1. The molecule has 0 bridgehead atoms. The quantitative estimate of drug-likeness (QED) is 0.804. The molecule has 1 nitrogen and oxygen atoms in total. The van der Waals surface area contributed by atoms with Gasteiger partial charge in [-0.2, -0.15) is 13.2 Å². The maximum absolute atomic E-state index is 13.6. The van der Waals surface area contributed by atoms with E-state index in [1.807, 2.05) is 0 Å². The molecule has 0 spiro atoms. The van der Waals surface area contributed by atoms with Gasteiger partial charge < -0.3 is 5.73 Å². The van der Waals surface area contributed by atoms with E-state index in [0.717, 1.165) is 0 Å². The summed E-state index contributed by atoms with van der Waals surface area (Å²) in [7, 11) is 0. The third-order valence-corrected chi connectivity index (χ3v) is 3.95. The molecule has 1 aliphatic carbocycles. The second-order valence-electron chi connectivity index (χ2n) is 5.21. The van der Waals surface area contributed by atoms with E-state index in [4.69, 9.17) is 5.73 Å². The van der Waals surface area contributed by atoms with Crippen molar-refractivity contribution >= 4 is 0 Å². The van der Waals surface area contributed by atoms with Crippen molar-refractivity contribution in [1.29, 1.82) is 0 Å². The summed E-state index contributed by atoms with van der Waals surface area (Å²) in [5, 5.41) is 0. The van der Waals surface area contributed by atoms with Crippen LogP contribution in [0.2, 0.25) is 0 Å². The van der Waals surface area contributed by atoms with Crippen LogP contribution in [0.3, 0.4) is 0 Å². The standard InChI is InChI=1S/C14H17F4N/c15-12-7-2-1-6-11(12)13(19)9-4-3-5-10(8-9)14(16,17)18/h1-2,6-7,9-10,13H,3-5,8,19H2. The van der Waals surface area contributed by atoms with Gasteiger partial charge in [-0.05, 0) is 31.2 Å². The molecule has 0 aliphatic heterocycles. The van der Waals surface area contributed by atoms with E-state index in [0.29, 0.717) is 18.4 Å². The van der Waals surface area contributed by atoms with Gasteiger partial charge in [-0.3, -0.25) is 0 Å². The number of benzene rings is 1. The number of rotatable bonds is 2. The molecule has 1 aromatic carbocycles. The van der Waals surface area contributed by atoms with Gasteiger partial charge in [0.1, 0.15) is 5.82 Å². The molecule has 2 rings (SSSR count). The van der Waals surface area contributed by atoms with Crippen molar-refractivity contribution < 1.29 is 17.6 Å². The molecule has 19 heavy (non-hydrogen) atoms. The molecule has 0 aromatic heterocycles. The molecule has 1 fully saturated rings. The predicted octanol–water partition coefficient (Wildman–Crippen LogP) is 4.19. The lowest BCUT2D eigenvalue weighted by atomic mass is 9.76. The summed E-state index contributed by atoms with van der Waals surface area (Å²) in [5.41, 5.74) is 6.28. The zero-order chi connectivity index (χ0) is 14.0. The molecule has 0 saturated heterocycles. The zero-order valence-corrected chi connectivity index (χ0v) is 10.5. The van der Waals surface area contributed by atoms with E-state index in [9.17, 15) is 17.6 Å². The fourth-order valence-corrected chi connectivity index (χ4v) is 2.85. The van der Waals surface area contributed by atoms with E-state index in [2.05, 4.69) is 0 Å². The molecule has 1 saturated carbocycles. The van der Waals surface area contributed by atoms with Gasteiger partial charge >= 0.3 is 6.18 Å². The summed E-state index contributed by atoms with van der Waals surface area (Å²) >= 11 is 0. The van der Waals surface area contributed by atoms with Crippen LogP contribution in [0.25, 0.3) is 0 Å². The van der Waals surface area contributed by atoms with Crippen LogP contribution in [0.5, 0.6) is 0 Å². The molecule has 3 unspecified atom stereocenters.